The van der Waals surface area contributed by atoms with Crippen molar-refractivity contribution in [2.24, 2.45) is 5.73 Å². The first kappa shape index (κ1) is 22.7. The third kappa shape index (κ3) is 6.69. The summed E-state index contributed by atoms with van der Waals surface area (Å²) in [5, 5.41) is 10.2. The Morgan fingerprint density at radius 2 is 1.74 bits per heavy atom. The van der Waals surface area contributed by atoms with Crippen LogP contribution in [0.15, 0.2) is 46.9 Å². The van der Waals surface area contributed by atoms with Crippen LogP contribution in [-0.2, 0) is 14.3 Å². The lowest BCUT2D eigenvalue weighted by Crippen LogP contribution is -2.12. The maximum absolute atomic E-state index is 12.0. The van der Waals surface area contributed by atoms with Crippen LogP contribution < -0.4 is 11.1 Å². The molecule has 0 bridgehead atoms. The minimum Gasteiger partial charge on any atom is -0.469 e. The summed E-state index contributed by atoms with van der Waals surface area (Å²) >= 11 is 3.47. The zero-order valence-corrected chi connectivity index (χ0v) is 17.2. The molecule has 0 saturated carbocycles. The molecule has 0 radical (unpaired) electrons. The fourth-order valence-corrected chi connectivity index (χ4v) is 2.82. The van der Waals surface area contributed by atoms with Gasteiger partial charge in [0.25, 0.3) is 0 Å². The number of rotatable bonds is 7. The van der Waals surface area contributed by atoms with E-state index in [1.807, 2.05) is 30.3 Å². The number of halogens is 2. The molecular formula is C19H21BrClN3O3. The van der Waals surface area contributed by atoms with Crippen molar-refractivity contribution in [3.8, 4) is 11.1 Å². The third-order valence-corrected chi connectivity index (χ3v) is 4.44. The van der Waals surface area contributed by atoms with E-state index >= 15 is 0 Å². The molecule has 0 saturated heterocycles. The van der Waals surface area contributed by atoms with E-state index in [0.29, 0.717) is 17.7 Å². The van der Waals surface area contributed by atoms with Gasteiger partial charge in [0, 0.05) is 22.9 Å². The van der Waals surface area contributed by atoms with Crippen molar-refractivity contribution in [2.45, 2.75) is 19.3 Å². The van der Waals surface area contributed by atoms with Gasteiger partial charge in [0.05, 0.1) is 12.8 Å². The fraction of sp³-hybridized carbons (Fsp3) is 0.211. The van der Waals surface area contributed by atoms with Gasteiger partial charge in [-0.05, 0) is 45.6 Å². The molecule has 2 rings (SSSR count). The average molecular weight is 455 g/mol. The number of esters is 1. The molecule has 0 aliphatic carbocycles. The SMILES string of the molecule is COC(=O)CCCC(=O)Nc1ccc(-c2ccc(C(=N)N)cc2)cc1Br.Cl. The van der Waals surface area contributed by atoms with E-state index in [4.69, 9.17) is 11.1 Å². The molecule has 1 amide bonds. The van der Waals surface area contributed by atoms with Crippen LogP contribution in [-0.4, -0.2) is 24.8 Å². The predicted octanol–water partition coefficient (Wildman–Crippen LogP) is 4.10. The van der Waals surface area contributed by atoms with Crippen molar-refractivity contribution >= 4 is 51.7 Å². The monoisotopic (exact) mass is 453 g/mol. The number of nitrogen functional groups attached to an aromatic ring is 1. The van der Waals surface area contributed by atoms with Crippen LogP contribution in [0.25, 0.3) is 11.1 Å². The molecule has 0 aliphatic rings. The van der Waals surface area contributed by atoms with Crippen molar-refractivity contribution < 1.29 is 14.3 Å². The summed E-state index contributed by atoms with van der Waals surface area (Å²) in [4.78, 5) is 23.0. The van der Waals surface area contributed by atoms with E-state index in [2.05, 4.69) is 26.0 Å². The summed E-state index contributed by atoms with van der Waals surface area (Å²) in [6.45, 7) is 0. The number of hydrogen-bond donors (Lipinski definition) is 3. The quantitative estimate of drug-likeness (QED) is 0.333. The number of amides is 1. The molecule has 144 valence electrons. The molecule has 0 heterocycles. The summed E-state index contributed by atoms with van der Waals surface area (Å²) in [5.74, 6) is -0.449. The average Bonchev–Trinajstić information content (AvgIpc) is 2.63. The van der Waals surface area contributed by atoms with Crippen LogP contribution in [0.5, 0.6) is 0 Å². The number of nitrogens with one attached hydrogen (secondary N) is 2. The Hall–Kier alpha value is -2.38. The number of carbonyl (C=O) groups is 2. The number of methoxy groups -OCH3 is 1. The molecule has 27 heavy (non-hydrogen) atoms. The topological polar surface area (TPSA) is 105 Å². The van der Waals surface area contributed by atoms with Gasteiger partial charge in [0.15, 0.2) is 0 Å². The van der Waals surface area contributed by atoms with Crippen molar-refractivity contribution in [3.05, 3.63) is 52.5 Å². The highest BCUT2D eigenvalue weighted by Crippen LogP contribution is 2.29. The lowest BCUT2D eigenvalue weighted by molar-refractivity contribution is -0.140. The molecule has 0 unspecified atom stereocenters. The van der Waals surface area contributed by atoms with Crippen LogP contribution in [0, 0.1) is 5.41 Å². The Balaban J connectivity index is 0.00000364. The third-order valence-electron chi connectivity index (χ3n) is 3.78. The van der Waals surface area contributed by atoms with Gasteiger partial charge >= 0.3 is 5.97 Å². The summed E-state index contributed by atoms with van der Waals surface area (Å²) in [5.41, 5.74) is 8.74. The van der Waals surface area contributed by atoms with Crippen LogP contribution >= 0.6 is 28.3 Å². The minimum absolute atomic E-state index is 0. The minimum atomic E-state index is -0.320. The van der Waals surface area contributed by atoms with Gasteiger partial charge < -0.3 is 15.8 Å². The fourth-order valence-electron chi connectivity index (χ4n) is 2.35. The number of amidine groups is 1. The summed E-state index contributed by atoms with van der Waals surface area (Å²) in [6.07, 6.45) is 0.910. The molecule has 0 spiro atoms. The van der Waals surface area contributed by atoms with Gasteiger partial charge in [-0.25, -0.2) is 0 Å². The first-order valence-corrected chi connectivity index (χ1v) is 8.81. The van der Waals surface area contributed by atoms with Crippen molar-refractivity contribution in [2.75, 3.05) is 12.4 Å². The maximum Gasteiger partial charge on any atom is 0.305 e. The van der Waals surface area contributed by atoms with Crippen LogP contribution in [0.1, 0.15) is 24.8 Å². The molecule has 0 aliphatic heterocycles. The lowest BCUT2D eigenvalue weighted by atomic mass is 10.0. The maximum atomic E-state index is 12.0. The van der Waals surface area contributed by atoms with E-state index in [0.717, 1.165) is 15.6 Å². The van der Waals surface area contributed by atoms with E-state index in [-0.39, 0.29) is 43.0 Å². The highest BCUT2D eigenvalue weighted by molar-refractivity contribution is 9.10. The second-order valence-electron chi connectivity index (χ2n) is 5.66. The van der Waals surface area contributed by atoms with Gasteiger partial charge in [-0.1, -0.05) is 30.3 Å². The summed E-state index contributed by atoms with van der Waals surface area (Å²) in [7, 11) is 1.33. The van der Waals surface area contributed by atoms with Gasteiger partial charge in [0.1, 0.15) is 5.84 Å². The number of nitrogens with two attached hydrogens (primary N) is 1. The number of hydrogen-bond acceptors (Lipinski definition) is 4. The number of anilines is 1. The highest BCUT2D eigenvalue weighted by Gasteiger charge is 2.09. The van der Waals surface area contributed by atoms with Crippen molar-refractivity contribution in [1.29, 1.82) is 5.41 Å². The first-order valence-electron chi connectivity index (χ1n) is 8.01. The predicted molar refractivity (Wildman–Crippen MR) is 112 cm³/mol. The molecule has 0 aromatic heterocycles. The molecule has 0 fully saturated rings. The molecular weight excluding hydrogens is 434 g/mol. The van der Waals surface area contributed by atoms with Gasteiger partial charge in [0.2, 0.25) is 5.91 Å². The Bertz CT molecular complexity index is 825. The van der Waals surface area contributed by atoms with Crippen LogP contribution in [0.4, 0.5) is 5.69 Å². The normalized spacial score (nSPS) is 9.85. The highest BCUT2D eigenvalue weighted by atomic mass is 79.9. The second kappa shape index (κ2) is 10.7. The summed E-state index contributed by atoms with van der Waals surface area (Å²) in [6, 6.07) is 13.0. The molecule has 0 atom stereocenters. The standard InChI is InChI=1S/C19H20BrN3O3.ClH/c1-26-18(25)4-2-3-17(24)23-16-10-9-14(11-15(16)20)12-5-7-13(8-6-12)19(21)22;/h5-11H,2-4H2,1H3,(H3,21,22)(H,23,24);1H. The first-order chi connectivity index (χ1) is 12.4. The van der Waals surface area contributed by atoms with Crippen LogP contribution in [0.2, 0.25) is 0 Å². The molecule has 6 nitrogen and oxygen atoms in total. The molecule has 4 N–H and O–H groups in total. The van der Waals surface area contributed by atoms with Gasteiger partial charge in [-0.3, -0.25) is 15.0 Å². The van der Waals surface area contributed by atoms with Gasteiger partial charge in [-0.15, -0.1) is 12.4 Å². The Morgan fingerprint density at radius 3 is 2.30 bits per heavy atom. The van der Waals surface area contributed by atoms with E-state index in [1.165, 1.54) is 7.11 Å². The number of ether oxygens (including phenoxy) is 1. The zero-order valence-electron chi connectivity index (χ0n) is 14.8. The zero-order chi connectivity index (χ0) is 19.1. The van der Waals surface area contributed by atoms with E-state index < -0.39 is 0 Å². The van der Waals surface area contributed by atoms with E-state index in [9.17, 15) is 9.59 Å². The lowest BCUT2D eigenvalue weighted by Gasteiger charge is -2.10. The molecule has 8 heteroatoms. The van der Waals surface area contributed by atoms with Crippen molar-refractivity contribution in [1.82, 2.24) is 0 Å². The largest absolute Gasteiger partial charge is 0.469 e. The van der Waals surface area contributed by atoms with Gasteiger partial charge in [-0.2, -0.15) is 0 Å². The summed E-state index contributed by atoms with van der Waals surface area (Å²) < 4.78 is 5.30. The Labute approximate surface area is 172 Å². The molecule has 2 aromatic rings. The molecule has 2 aromatic carbocycles. The second-order valence-corrected chi connectivity index (χ2v) is 6.52. The number of carbonyl (C=O) groups excluding carboxylic acids is 2. The smallest absolute Gasteiger partial charge is 0.305 e. The number of benzene rings is 2. The van der Waals surface area contributed by atoms with Crippen LogP contribution in [0.3, 0.4) is 0 Å². The van der Waals surface area contributed by atoms with Crippen molar-refractivity contribution in [3.63, 3.8) is 0 Å². The van der Waals surface area contributed by atoms with E-state index in [1.54, 1.807) is 12.1 Å². The Kier molecular flexibility index (Phi) is 8.97. The Morgan fingerprint density at radius 1 is 1.11 bits per heavy atom.